The van der Waals surface area contributed by atoms with Gasteiger partial charge in [0.1, 0.15) is 6.54 Å². The van der Waals surface area contributed by atoms with Crippen LogP contribution in [-0.2, 0) is 14.4 Å². The van der Waals surface area contributed by atoms with Crippen molar-refractivity contribution < 1.29 is 19.5 Å². The maximum absolute atomic E-state index is 11.9. The number of carboxylic acid groups (broad SMARTS) is 1. The Morgan fingerprint density at radius 1 is 1.18 bits per heavy atom. The van der Waals surface area contributed by atoms with Gasteiger partial charge in [-0.15, -0.1) is 23.2 Å². The fourth-order valence-corrected chi connectivity index (χ4v) is 3.04. The van der Waals surface area contributed by atoms with Gasteiger partial charge in [-0.2, -0.15) is 0 Å². The van der Waals surface area contributed by atoms with Crippen molar-refractivity contribution in [3.05, 3.63) is 0 Å². The lowest BCUT2D eigenvalue weighted by atomic mass is 9.80. The van der Waals surface area contributed by atoms with Gasteiger partial charge in [-0.3, -0.25) is 19.3 Å². The molecular formula is C10H11Cl2NO4. The summed E-state index contributed by atoms with van der Waals surface area (Å²) in [6.45, 7) is -0.579. The van der Waals surface area contributed by atoms with Crippen LogP contribution in [0.1, 0.15) is 12.8 Å². The zero-order valence-electron chi connectivity index (χ0n) is 8.81. The van der Waals surface area contributed by atoms with E-state index < -0.39 is 36.2 Å². The number of carbonyl (C=O) groups is 3. The Balaban J connectivity index is 2.19. The van der Waals surface area contributed by atoms with Crippen molar-refractivity contribution in [3.8, 4) is 0 Å². The lowest BCUT2D eigenvalue weighted by Gasteiger charge is -2.28. The highest BCUT2D eigenvalue weighted by atomic mass is 35.5. The van der Waals surface area contributed by atoms with Crippen LogP contribution in [0.2, 0.25) is 0 Å². The number of aliphatic carboxylic acids is 1. The minimum absolute atomic E-state index is 0.334. The quantitative estimate of drug-likeness (QED) is 0.596. The maximum Gasteiger partial charge on any atom is 0.323 e. The predicted molar refractivity (Wildman–Crippen MR) is 59.9 cm³/mol. The van der Waals surface area contributed by atoms with E-state index in [2.05, 4.69) is 0 Å². The van der Waals surface area contributed by atoms with Crippen molar-refractivity contribution in [1.29, 1.82) is 0 Å². The Morgan fingerprint density at radius 2 is 1.59 bits per heavy atom. The standard InChI is InChI=1S/C10H11Cl2NO4/c11-6-1-4-5(2-7(6)12)10(17)13(9(4)16)3-8(14)15/h4-7H,1-3H2,(H,14,15)/t4-,5+,6+,7-. The Hall–Kier alpha value is -0.810. The van der Waals surface area contributed by atoms with Crippen LogP contribution < -0.4 is 0 Å². The second-order valence-electron chi connectivity index (χ2n) is 4.37. The highest BCUT2D eigenvalue weighted by Gasteiger charge is 2.52. The normalized spacial score (nSPS) is 37.2. The highest BCUT2D eigenvalue weighted by Crippen LogP contribution is 2.41. The summed E-state index contributed by atoms with van der Waals surface area (Å²) >= 11 is 11.9. The maximum atomic E-state index is 11.9. The van der Waals surface area contributed by atoms with E-state index in [1.165, 1.54) is 0 Å². The van der Waals surface area contributed by atoms with Gasteiger partial charge in [0, 0.05) is 0 Å². The minimum atomic E-state index is -1.20. The van der Waals surface area contributed by atoms with Gasteiger partial charge in [0.25, 0.3) is 0 Å². The number of rotatable bonds is 2. The zero-order chi connectivity index (χ0) is 12.7. The van der Waals surface area contributed by atoms with E-state index in [1.54, 1.807) is 0 Å². The SMILES string of the molecule is O=C(O)CN1C(=O)[C@H]2C[C@@H](Cl)[C@@H](Cl)C[C@H]2C1=O. The zero-order valence-corrected chi connectivity index (χ0v) is 10.3. The van der Waals surface area contributed by atoms with E-state index in [9.17, 15) is 14.4 Å². The molecule has 0 aromatic heterocycles. The first-order valence-corrected chi connectivity index (χ1v) is 6.14. The number of carbonyl (C=O) groups excluding carboxylic acids is 2. The van der Waals surface area contributed by atoms with Crippen molar-refractivity contribution in [2.45, 2.75) is 23.6 Å². The smallest absolute Gasteiger partial charge is 0.323 e. The Morgan fingerprint density at radius 3 is 1.94 bits per heavy atom. The number of hydrogen-bond acceptors (Lipinski definition) is 3. The van der Waals surface area contributed by atoms with Crippen molar-refractivity contribution >= 4 is 41.0 Å². The molecule has 17 heavy (non-hydrogen) atoms. The molecule has 0 spiro atoms. The van der Waals surface area contributed by atoms with Gasteiger partial charge in [-0.05, 0) is 12.8 Å². The van der Waals surface area contributed by atoms with Crippen LogP contribution in [0.4, 0.5) is 0 Å². The number of imide groups is 1. The van der Waals surface area contributed by atoms with Crippen LogP contribution in [0.5, 0.6) is 0 Å². The van der Waals surface area contributed by atoms with Crippen molar-refractivity contribution in [2.75, 3.05) is 6.54 Å². The van der Waals surface area contributed by atoms with Gasteiger partial charge in [-0.25, -0.2) is 0 Å². The molecular weight excluding hydrogens is 269 g/mol. The summed E-state index contributed by atoms with van der Waals surface area (Å²) in [5.74, 6) is -3.07. The van der Waals surface area contributed by atoms with Crippen LogP contribution in [0.25, 0.3) is 0 Å². The number of nitrogens with zero attached hydrogens (tertiary/aromatic N) is 1. The molecule has 2 rings (SSSR count). The first-order valence-electron chi connectivity index (χ1n) is 5.27. The third-order valence-electron chi connectivity index (χ3n) is 3.30. The van der Waals surface area contributed by atoms with Gasteiger partial charge >= 0.3 is 5.97 Å². The number of halogens is 2. The number of amides is 2. The molecule has 1 aliphatic carbocycles. The first kappa shape index (κ1) is 12.6. The lowest BCUT2D eigenvalue weighted by Crippen LogP contribution is -2.35. The molecule has 2 aliphatic rings. The Kier molecular flexibility index (Phi) is 3.32. The predicted octanol–water partition coefficient (Wildman–Crippen LogP) is 0.681. The van der Waals surface area contributed by atoms with Crippen molar-refractivity contribution in [2.24, 2.45) is 11.8 Å². The van der Waals surface area contributed by atoms with Gasteiger partial charge in [0.15, 0.2) is 0 Å². The van der Waals surface area contributed by atoms with Crippen molar-refractivity contribution in [1.82, 2.24) is 4.90 Å². The second kappa shape index (κ2) is 4.46. The number of fused-ring (bicyclic) bond motifs is 1. The molecule has 0 aromatic carbocycles. The topological polar surface area (TPSA) is 74.7 Å². The summed E-state index contributed by atoms with van der Waals surface area (Å²) in [7, 11) is 0. The molecule has 2 amide bonds. The van der Waals surface area contributed by atoms with Crippen LogP contribution in [0, 0.1) is 11.8 Å². The molecule has 0 radical (unpaired) electrons. The molecule has 5 nitrogen and oxygen atoms in total. The number of likely N-dealkylation sites (tertiary alicyclic amines) is 1. The molecule has 94 valence electrons. The van der Waals surface area contributed by atoms with E-state index in [1.807, 2.05) is 0 Å². The van der Waals surface area contributed by atoms with E-state index in [4.69, 9.17) is 28.3 Å². The van der Waals surface area contributed by atoms with Gasteiger partial charge in [0.2, 0.25) is 11.8 Å². The average Bonchev–Trinajstić information content (AvgIpc) is 2.45. The van der Waals surface area contributed by atoms with Gasteiger partial charge in [-0.1, -0.05) is 0 Å². The minimum Gasteiger partial charge on any atom is -0.480 e. The highest BCUT2D eigenvalue weighted by molar-refractivity contribution is 6.30. The number of hydrogen-bond donors (Lipinski definition) is 1. The number of alkyl halides is 2. The lowest BCUT2D eigenvalue weighted by molar-refractivity contribution is -0.149. The average molecular weight is 280 g/mol. The van der Waals surface area contributed by atoms with Gasteiger partial charge in [0.05, 0.1) is 22.6 Å². The molecule has 1 N–H and O–H groups in total. The molecule has 1 saturated heterocycles. The molecule has 2 fully saturated rings. The first-order chi connectivity index (χ1) is 7.91. The molecule has 7 heteroatoms. The summed E-state index contributed by atoms with van der Waals surface area (Å²) in [6, 6.07) is 0. The van der Waals surface area contributed by atoms with Gasteiger partial charge < -0.3 is 5.11 Å². The molecule has 1 heterocycles. The van der Waals surface area contributed by atoms with Crippen molar-refractivity contribution in [3.63, 3.8) is 0 Å². The van der Waals surface area contributed by atoms with E-state index >= 15 is 0 Å². The molecule has 0 unspecified atom stereocenters. The van der Waals surface area contributed by atoms with Crippen LogP contribution >= 0.6 is 23.2 Å². The van der Waals surface area contributed by atoms with E-state index in [-0.39, 0.29) is 10.8 Å². The Bertz CT molecular complexity index is 359. The molecule has 1 aliphatic heterocycles. The van der Waals surface area contributed by atoms with E-state index in [0.29, 0.717) is 12.8 Å². The summed E-state index contributed by atoms with van der Waals surface area (Å²) in [5.41, 5.74) is 0. The third kappa shape index (κ3) is 2.13. The van der Waals surface area contributed by atoms with Crippen LogP contribution in [-0.4, -0.2) is 45.1 Å². The Labute approximate surface area is 108 Å². The summed E-state index contributed by atoms with van der Waals surface area (Å²) in [5, 5.41) is 7.95. The molecule has 1 saturated carbocycles. The number of carboxylic acids is 1. The summed E-state index contributed by atoms with van der Waals surface area (Å²) in [6.07, 6.45) is 0.669. The summed E-state index contributed by atoms with van der Waals surface area (Å²) < 4.78 is 0. The fraction of sp³-hybridized carbons (Fsp3) is 0.700. The van der Waals surface area contributed by atoms with Crippen LogP contribution in [0.3, 0.4) is 0 Å². The van der Waals surface area contributed by atoms with E-state index in [0.717, 1.165) is 4.90 Å². The largest absolute Gasteiger partial charge is 0.480 e. The molecule has 0 aromatic rings. The summed E-state index contributed by atoms with van der Waals surface area (Å²) in [4.78, 5) is 35.1. The fourth-order valence-electron chi connectivity index (χ4n) is 2.45. The molecule has 0 bridgehead atoms. The molecule has 4 atom stereocenters. The monoisotopic (exact) mass is 279 g/mol. The second-order valence-corrected chi connectivity index (χ2v) is 5.49. The van der Waals surface area contributed by atoms with Crippen LogP contribution in [0.15, 0.2) is 0 Å². The third-order valence-corrected chi connectivity index (χ3v) is 4.39.